The number of rotatable bonds is 2. The summed E-state index contributed by atoms with van der Waals surface area (Å²) in [5.41, 5.74) is 3.66. The van der Waals surface area contributed by atoms with Gasteiger partial charge in [0.25, 0.3) is 0 Å². The Morgan fingerprint density at radius 3 is 2.32 bits per heavy atom. The van der Waals surface area contributed by atoms with Crippen LogP contribution in [0.3, 0.4) is 0 Å². The topological polar surface area (TPSA) is 15.3 Å². The van der Waals surface area contributed by atoms with Crippen molar-refractivity contribution in [2.45, 2.75) is 20.0 Å². The third-order valence-electron chi connectivity index (χ3n) is 3.49. The predicted molar refractivity (Wildman–Crippen MR) is 85.0 cm³/mol. The van der Waals surface area contributed by atoms with Crippen LogP contribution in [-0.2, 0) is 0 Å². The van der Waals surface area contributed by atoms with Crippen molar-refractivity contribution in [3.8, 4) is 0 Å². The minimum absolute atomic E-state index is 0.288. The zero-order valence-electron chi connectivity index (χ0n) is 11.1. The van der Waals surface area contributed by atoms with Crippen molar-refractivity contribution in [3.05, 3.63) is 53.0 Å². The highest BCUT2D eigenvalue weighted by Gasteiger charge is 2.32. The van der Waals surface area contributed by atoms with Crippen LogP contribution in [0, 0.1) is 5.92 Å². The monoisotopic (exact) mass is 316 g/mol. The van der Waals surface area contributed by atoms with Gasteiger partial charge in [0.1, 0.15) is 6.17 Å². The average molecular weight is 317 g/mol. The van der Waals surface area contributed by atoms with E-state index in [-0.39, 0.29) is 6.17 Å². The quantitative estimate of drug-likeness (QED) is 0.839. The fourth-order valence-electron chi connectivity index (χ4n) is 2.57. The summed E-state index contributed by atoms with van der Waals surface area (Å²) in [5, 5.41) is 3.61. The molecular formula is C16H17BrN2. The van der Waals surface area contributed by atoms with Gasteiger partial charge in [0, 0.05) is 4.47 Å². The van der Waals surface area contributed by atoms with Crippen LogP contribution < -0.4 is 10.2 Å². The zero-order chi connectivity index (χ0) is 13.4. The van der Waals surface area contributed by atoms with E-state index >= 15 is 0 Å². The van der Waals surface area contributed by atoms with Gasteiger partial charge in [-0.1, -0.05) is 38.1 Å². The SMILES string of the molecule is CC(C)C1Nc2ccccc2N1c1ccccc1Br. The highest BCUT2D eigenvalue weighted by atomic mass is 79.9. The van der Waals surface area contributed by atoms with Gasteiger partial charge >= 0.3 is 0 Å². The molecule has 0 saturated heterocycles. The number of halogens is 1. The molecule has 0 bridgehead atoms. The summed E-state index contributed by atoms with van der Waals surface area (Å²) < 4.78 is 1.12. The van der Waals surface area contributed by atoms with Gasteiger partial charge in [-0.15, -0.1) is 0 Å². The molecule has 2 aromatic rings. The molecule has 0 aromatic heterocycles. The third kappa shape index (κ3) is 2.12. The largest absolute Gasteiger partial charge is 0.363 e. The maximum Gasteiger partial charge on any atom is 0.106 e. The van der Waals surface area contributed by atoms with E-state index in [9.17, 15) is 0 Å². The van der Waals surface area contributed by atoms with Crippen molar-refractivity contribution in [1.82, 2.24) is 0 Å². The zero-order valence-corrected chi connectivity index (χ0v) is 12.7. The third-order valence-corrected chi connectivity index (χ3v) is 4.16. The minimum Gasteiger partial charge on any atom is -0.363 e. The van der Waals surface area contributed by atoms with Gasteiger partial charge in [-0.2, -0.15) is 0 Å². The summed E-state index contributed by atoms with van der Waals surface area (Å²) in [4.78, 5) is 2.38. The molecule has 0 saturated carbocycles. The number of fused-ring (bicyclic) bond motifs is 1. The molecule has 0 spiro atoms. The molecular weight excluding hydrogens is 300 g/mol. The first-order valence-electron chi connectivity index (χ1n) is 6.58. The molecule has 1 N–H and O–H groups in total. The lowest BCUT2D eigenvalue weighted by molar-refractivity contribution is 0.542. The highest BCUT2D eigenvalue weighted by Crippen LogP contribution is 2.43. The molecule has 0 fully saturated rings. The van der Waals surface area contributed by atoms with E-state index in [2.05, 4.69) is 82.5 Å². The summed E-state index contributed by atoms with van der Waals surface area (Å²) in [6.07, 6.45) is 0.288. The van der Waals surface area contributed by atoms with Gasteiger partial charge in [-0.25, -0.2) is 0 Å². The van der Waals surface area contributed by atoms with E-state index in [0.29, 0.717) is 5.92 Å². The van der Waals surface area contributed by atoms with Gasteiger partial charge in [-0.3, -0.25) is 0 Å². The van der Waals surface area contributed by atoms with E-state index in [1.165, 1.54) is 17.1 Å². The maximum absolute atomic E-state index is 3.67. The van der Waals surface area contributed by atoms with Gasteiger partial charge < -0.3 is 10.2 Å². The Morgan fingerprint density at radius 1 is 1.00 bits per heavy atom. The summed E-state index contributed by atoms with van der Waals surface area (Å²) >= 11 is 3.67. The Kier molecular flexibility index (Phi) is 3.23. The predicted octanol–water partition coefficient (Wildman–Crippen LogP) is 4.99. The maximum atomic E-state index is 3.67. The smallest absolute Gasteiger partial charge is 0.106 e. The minimum atomic E-state index is 0.288. The molecule has 1 atom stereocenters. The second-order valence-corrected chi connectivity index (χ2v) is 6.03. The number of nitrogens with zero attached hydrogens (tertiary/aromatic N) is 1. The van der Waals surface area contributed by atoms with E-state index in [1.54, 1.807) is 0 Å². The van der Waals surface area contributed by atoms with Crippen LogP contribution in [0.1, 0.15) is 13.8 Å². The normalized spacial score (nSPS) is 17.5. The van der Waals surface area contributed by atoms with Gasteiger partial charge in [-0.05, 0) is 46.1 Å². The number of para-hydroxylation sites is 3. The Hall–Kier alpha value is -1.48. The molecule has 3 rings (SSSR count). The molecule has 1 aliphatic rings. The van der Waals surface area contributed by atoms with Crippen LogP contribution in [0.25, 0.3) is 0 Å². The van der Waals surface area contributed by atoms with Gasteiger partial charge in [0.15, 0.2) is 0 Å². The number of hydrogen-bond donors (Lipinski definition) is 1. The number of nitrogens with one attached hydrogen (secondary N) is 1. The van der Waals surface area contributed by atoms with Crippen molar-refractivity contribution in [1.29, 1.82) is 0 Å². The van der Waals surface area contributed by atoms with Crippen molar-refractivity contribution < 1.29 is 0 Å². The summed E-state index contributed by atoms with van der Waals surface area (Å²) in [5.74, 6) is 0.513. The van der Waals surface area contributed by atoms with Crippen LogP contribution in [0.2, 0.25) is 0 Å². The molecule has 1 aliphatic heterocycles. The molecule has 3 heteroatoms. The molecule has 0 amide bonds. The standard InChI is InChI=1S/C16H17BrN2/c1-11(2)16-18-13-8-4-6-10-15(13)19(16)14-9-5-3-7-12(14)17/h3-11,16,18H,1-2H3. The van der Waals surface area contributed by atoms with Crippen LogP contribution in [0.4, 0.5) is 17.1 Å². The molecule has 2 nitrogen and oxygen atoms in total. The lowest BCUT2D eigenvalue weighted by Gasteiger charge is -2.30. The molecule has 98 valence electrons. The van der Waals surface area contributed by atoms with Crippen molar-refractivity contribution in [3.63, 3.8) is 0 Å². The van der Waals surface area contributed by atoms with Crippen molar-refractivity contribution in [2.24, 2.45) is 5.92 Å². The Morgan fingerprint density at radius 2 is 1.63 bits per heavy atom. The van der Waals surface area contributed by atoms with Crippen LogP contribution >= 0.6 is 15.9 Å². The molecule has 19 heavy (non-hydrogen) atoms. The molecule has 0 radical (unpaired) electrons. The summed E-state index contributed by atoms with van der Waals surface area (Å²) in [6.45, 7) is 4.49. The molecule has 2 aromatic carbocycles. The average Bonchev–Trinajstić information content (AvgIpc) is 2.79. The Balaban J connectivity index is 2.13. The summed E-state index contributed by atoms with van der Waals surface area (Å²) in [7, 11) is 0. The van der Waals surface area contributed by atoms with E-state index in [1.807, 2.05) is 6.07 Å². The number of benzene rings is 2. The number of hydrogen-bond acceptors (Lipinski definition) is 2. The van der Waals surface area contributed by atoms with Gasteiger partial charge in [0.2, 0.25) is 0 Å². The number of anilines is 3. The first kappa shape index (κ1) is 12.5. The fraction of sp³-hybridized carbons (Fsp3) is 0.250. The molecule has 0 aliphatic carbocycles. The van der Waals surface area contributed by atoms with Crippen LogP contribution in [-0.4, -0.2) is 6.17 Å². The van der Waals surface area contributed by atoms with E-state index in [0.717, 1.165) is 4.47 Å². The molecule has 1 unspecified atom stereocenters. The lowest BCUT2D eigenvalue weighted by atomic mass is 10.1. The second-order valence-electron chi connectivity index (χ2n) is 5.17. The highest BCUT2D eigenvalue weighted by molar-refractivity contribution is 9.10. The van der Waals surface area contributed by atoms with Gasteiger partial charge in [0.05, 0.1) is 17.1 Å². The van der Waals surface area contributed by atoms with Crippen LogP contribution in [0.15, 0.2) is 53.0 Å². The van der Waals surface area contributed by atoms with Crippen LogP contribution in [0.5, 0.6) is 0 Å². The van der Waals surface area contributed by atoms with Crippen molar-refractivity contribution in [2.75, 3.05) is 10.2 Å². The second kappa shape index (κ2) is 4.89. The first-order valence-corrected chi connectivity index (χ1v) is 7.37. The van der Waals surface area contributed by atoms with Crippen molar-refractivity contribution >= 4 is 33.0 Å². The first-order chi connectivity index (χ1) is 9.18. The summed E-state index contributed by atoms with van der Waals surface area (Å²) in [6, 6.07) is 16.9. The molecule has 1 heterocycles. The fourth-order valence-corrected chi connectivity index (χ4v) is 3.05. The van der Waals surface area contributed by atoms with E-state index in [4.69, 9.17) is 0 Å². The lowest BCUT2D eigenvalue weighted by Crippen LogP contribution is -2.36. The Labute approximate surface area is 122 Å². The Bertz CT molecular complexity index is 595. The van der Waals surface area contributed by atoms with E-state index < -0.39 is 0 Å².